The van der Waals surface area contributed by atoms with Crippen molar-refractivity contribution >= 4 is 22.4 Å². The molecule has 0 spiro atoms. The molecule has 4 nitrogen and oxygen atoms in total. The lowest BCUT2D eigenvalue weighted by Gasteiger charge is -2.12. The second kappa shape index (κ2) is 5.69. The van der Waals surface area contributed by atoms with Gasteiger partial charge in [-0.25, -0.2) is 4.98 Å². The summed E-state index contributed by atoms with van der Waals surface area (Å²) in [6.45, 7) is 5.31. The molecule has 1 unspecified atom stereocenters. The molecule has 1 aliphatic rings. The quantitative estimate of drug-likeness (QED) is 0.832. The Morgan fingerprint density at radius 2 is 2.28 bits per heavy atom. The molecule has 1 aromatic rings. The number of nitrogens with zero attached hydrogens (tertiary/aromatic N) is 1. The summed E-state index contributed by atoms with van der Waals surface area (Å²) in [6, 6.07) is 0. The number of aryl methyl sites for hydroxylation is 1. The number of carboxylic acids is 1. The van der Waals surface area contributed by atoms with Crippen molar-refractivity contribution in [1.82, 2.24) is 4.98 Å². The lowest BCUT2D eigenvalue weighted by Crippen LogP contribution is -2.13. The summed E-state index contributed by atoms with van der Waals surface area (Å²) >= 11 is 1.62. The molecule has 0 radical (unpaired) electrons. The average molecular weight is 268 g/mol. The van der Waals surface area contributed by atoms with Crippen LogP contribution in [0.2, 0.25) is 0 Å². The van der Waals surface area contributed by atoms with Crippen LogP contribution in [-0.4, -0.2) is 22.6 Å². The predicted octanol–water partition coefficient (Wildman–Crippen LogP) is 3.11. The Morgan fingerprint density at radius 3 is 2.89 bits per heavy atom. The van der Waals surface area contributed by atoms with Crippen LogP contribution in [0.4, 0.5) is 5.13 Å². The van der Waals surface area contributed by atoms with Crippen LogP contribution >= 0.6 is 11.3 Å². The van der Waals surface area contributed by atoms with Gasteiger partial charge in [0.2, 0.25) is 0 Å². The zero-order chi connectivity index (χ0) is 13.1. The zero-order valence-electron chi connectivity index (χ0n) is 10.9. The molecule has 18 heavy (non-hydrogen) atoms. The van der Waals surface area contributed by atoms with Crippen LogP contribution in [0.25, 0.3) is 0 Å². The highest BCUT2D eigenvalue weighted by molar-refractivity contribution is 7.15. The van der Waals surface area contributed by atoms with Crippen LogP contribution in [0, 0.1) is 5.92 Å². The number of hydrogen-bond donors (Lipinski definition) is 2. The van der Waals surface area contributed by atoms with Gasteiger partial charge in [-0.3, -0.25) is 4.79 Å². The Kier molecular flexibility index (Phi) is 4.22. The van der Waals surface area contributed by atoms with Gasteiger partial charge in [0.15, 0.2) is 5.13 Å². The largest absolute Gasteiger partial charge is 0.481 e. The standard InChI is InChI=1S/C13H20N2O2S/c1-3-8(4-2)7-14-13-15-11-9(12(16)17)5-6-10(11)18-13/h8-9H,3-7H2,1-2H3,(H,14,15)(H,16,17). The molecule has 0 aliphatic heterocycles. The SMILES string of the molecule is CCC(CC)CNc1nc2c(s1)CCC2C(=O)O. The molecule has 0 fully saturated rings. The lowest BCUT2D eigenvalue weighted by molar-refractivity contribution is -0.138. The molecule has 1 heterocycles. The Morgan fingerprint density at radius 1 is 1.56 bits per heavy atom. The summed E-state index contributed by atoms with van der Waals surface area (Å²) in [4.78, 5) is 16.7. The highest BCUT2D eigenvalue weighted by Gasteiger charge is 2.32. The first-order valence-corrected chi connectivity index (χ1v) is 7.43. The van der Waals surface area contributed by atoms with Gasteiger partial charge in [0.1, 0.15) is 5.92 Å². The molecular formula is C13H20N2O2S. The fraction of sp³-hybridized carbons (Fsp3) is 0.692. The van der Waals surface area contributed by atoms with Gasteiger partial charge in [0, 0.05) is 11.4 Å². The maximum Gasteiger partial charge on any atom is 0.312 e. The first-order valence-electron chi connectivity index (χ1n) is 6.61. The summed E-state index contributed by atoms with van der Waals surface area (Å²) in [5.41, 5.74) is 0.791. The van der Waals surface area contributed by atoms with Crippen LogP contribution < -0.4 is 5.32 Å². The van der Waals surface area contributed by atoms with Crippen molar-refractivity contribution in [3.63, 3.8) is 0 Å². The maximum absolute atomic E-state index is 11.1. The number of nitrogens with one attached hydrogen (secondary N) is 1. The fourth-order valence-electron chi connectivity index (χ4n) is 2.35. The minimum atomic E-state index is -0.745. The Hall–Kier alpha value is -1.10. The number of aromatic nitrogens is 1. The average Bonchev–Trinajstić information content (AvgIpc) is 2.89. The summed E-state index contributed by atoms with van der Waals surface area (Å²) in [6.07, 6.45) is 3.88. The molecule has 5 heteroatoms. The molecule has 2 rings (SSSR count). The number of fused-ring (bicyclic) bond motifs is 1. The van der Waals surface area contributed by atoms with E-state index in [9.17, 15) is 4.79 Å². The van der Waals surface area contributed by atoms with Crippen molar-refractivity contribution in [1.29, 1.82) is 0 Å². The summed E-state index contributed by atoms with van der Waals surface area (Å²) in [5.74, 6) is -0.468. The molecule has 1 aromatic heterocycles. The summed E-state index contributed by atoms with van der Waals surface area (Å²) in [5, 5.41) is 13.3. The highest BCUT2D eigenvalue weighted by atomic mass is 32.1. The monoisotopic (exact) mass is 268 g/mol. The van der Waals surface area contributed by atoms with E-state index in [0.717, 1.165) is 41.5 Å². The minimum absolute atomic E-state index is 0.389. The van der Waals surface area contributed by atoms with Crippen LogP contribution in [0.5, 0.6) is 0 Å². The van der Waals surface area contributed by atoms with E-state index in [1.54, 1.807) is 11.3 Å². The van der Waals surface area contributed by atoms with Gasteiger partial charge >= 0.3 is 5.97 Å². The molecule has 0 amide bonds. The third-order valence-electron chi connectivity index (χ3n) is 3.71. The molecule has 0 saturated carbocycles. The Balaban J connectivity index is 2.01. The minimum Gasteiger partial charge on any atom is -0.481 e. The highest BCUT2D eigenvalue weighted by Crippen LogP contribution is 2.38. The molecule has 0 aromatic carbocycles. The smallest absolute Gasteiger partial charge is 0.312 e. The van der Waals surface area contributed by atoms with Crippen molar-refractivity contribution in [2.45, 2.75) is 45.4 Å². The second-order valence-electron chi connectivity index (χ2n) is 4.82. The molecule has 2 N–H and O–H groups in total. The van der Waals surface area contributed by atoms with Crippen LogP contribution in [0.15, 0.2) is 0 Å². The van der Waals surface area contributed by atoms with E-state index in [-0.39, 0.29) is 5.92 Å². The number of thiazole rings is 1. The van der Waals surface area contributed by atoms with E-state index in [1.165, 1.54) is 0 Å². The van der Waals surface area contributed by atoms with Crippen molar-refractivity contribution < 1.29 is 9.90 Å². The number of anilines is 1. The van der Waals surface area contributed by atoms with E-state index >= 15 is 0 Å². The van der Waals surface area contributed by atoms with Gasteiger partial charge in [-0.2, -0.15) is 0 Å². The van der Waals surface area contributed by atoms with Gasteiger partial charge in [0.05, 0.1) is 5.69 Å². The zero-order valence-corrected chi connectivity index (χ0v) is 11.7. The number of hydrogen-bond acceptors (Lipinski definition) is 4. The van der Waals surface area contributed by atoms with Crippen molar-refractivity contribution in [2.24, 2.45) is 5.92 Å². The van der Waals surface area contributed by atoms with Crippen molar-refractivity contribution in [3.05, 3.63) is 10.6 Å². The van der Waals surface area contributed by atoms with E-state index in [2.05, 4.69) is 24.1 Å². The van der Waals surface area contributed by atoms with Gasteiger partial charge in [-0.1, -0.05) is 26.7 Å². The second-order valence-corrected chi connectivity index (χ2v) is 5.90. The fourth-order valence-corrected chi connectivity index (χ4v) is 3.40. The molecule has 1 aliphatic carbocycles. The Bertz CT molecular complexity index is 427. The first-order chi connectivity index (χ1) is 8.65. The maximum atomic E-state index is 11.1. The third-order valence-corrected chi connectivity index (χ3v) is 4.80. The molecular weight excluding hydrogens is 248 g/mol. The van der Waals surface area contributed by atoms with E-state index in [0.29, 0.717) is 12.3 Å². The van der Waals surface area contributed by atoms with E-state index in [4.69, 9.17) is 5.11 Å². The van der Waals surface area contributed by atoms with E-state index < -0.39 is 5.97 Å². The number of carbonyl (C=O) groups is 1. The third kappa shape index (κ3) is 2.66. The number of rotatable bonds is 6. The summed E-state index contributed by atoms with van der Waals surface area (Å²) in [7, 11) is 0. The van der Waals surface area contributed by atoms with Gasteiger partial charge in [-0.15, -0.1) is 11.3 Å². The summed E-state index contributed by atoms with van der Waals surface area (Å²) < 4.78 is 0. The first kappa shape index (κ1) is 13.3. The molecule has 0 bridgehead atoms. The topological polar surface area (TPSA) is 62.2 Å². The van der Waals surface area contributed by atoms with Crippen LogP contribution in [-0.2, 0) is 11.2 Å². The van der Waals surface area contributed by atoms with Crippen LogP contribution in [0.3, 0.4) is 0 Å². The molecule has 100 valence electrons. The van der Waals surface area contributed by atoms with Gasteiger partial charge in [-0.05, 0) is 18.8 Å². The molecule has 1 atom stereocenters. The van der Waals surface area contributed by atoms with Crippen molar-refractivity contribution in [3.8, 4) is 0 Å². The normalized spacial score (nSPS) is 18.1. The lowest BCUT2D eigenvalue weighted by atomic mass is 10.0. The Labute approximate surface area is 111 Å². The van der Waals surface area contributed by atoms with Gasteiger partial charge < -0.3 is 10.4 Å². The van der Waals surface area contributed by atoms with E-state index in [1.807, 2.05) is 0 Å². The molecule has 0 saturated heterocycles. The number of carboxylic acid groups (broad SMARTS) is 1. The number of aliphatic carboxylic acids is 1. The van der Waals surface area contributed by atoms with Crippen LogP contribution in [0.1, 0.15) is 49.6 Å². The van der Waals surface area contributed by atoms with Gasteiger partial charge in [0.25, 0.3) is 0 Å². The van der Waals surface area contributed by atoms with Crippen molar-refractivity contribution in [2.75, 3.05) is 11.9 Å². The predicted molar refractivity (Wildman–Crippen MR) is 73.4 cm³/mol.